The second-order valence-corrected chi connectivity index (χ2v) is 6.40. The molecule has 0 saturated heterocycles. The number of halogens is 2. The number of hydrogen-bond acceptors (Lipinski definition) is 2. The Morgan fingerprint density at radius 1 is 1.55 bits per heavy atom. The van der Waals surface area contributed by atoms with Crippen molar-refractivity contribution in [1.29, 1.82) is 0 Å². The molecule has 1 aromatic rings. The average Bonchev–Trinajstić information content (AvgIpc) is 2.43. The van der Waals surface area contributed by atoms with Crippen LogP contribution in [0.2, 0.25) is 5.02 Å². The summed E-state index contributed by atoms with van der Waals surface area (Å²) in [6.07, 6.45) is 4.65. The molecule has 0 aromatic heterocycles. The van der Waals surface area contributed by atoms with Crippen LogP contribution in [0.4, 0.5) is 4.39 Å². The summed E-state index contributed by atoms with van der Waals surface area (Å²) in [5, 5.41) is 0.151. The summed E-state index contributed by atoms with van der Waals surface area (Å²) < 4.78 is 19.8. The van der Waals surface area contributed by atoms with Gasteiger partial charge in [0.15, 0.2) is 0 Å². The minimum absolute atomic E-state index is 0.151. The molecule has 4 heteroatoms. The van der Waals surface area contributed by atoms with Crippen LogP contribution in [0.3, 0.4) is 0 Å². The topological polar surface area (TPSA) is 35.2 Å². The van der Waals surface area contributed by atoms with E-state index in [-0.39, 0.29) is 22.5 Å². The van der Waals surface area contributed by atoms with Crippen LogP contribution in [0.5, 0.6) is 0 Å². The van der Waals surface area contributed by atoms with E-state index in [2.05, 4.69) is 6.92 Å². The molecular formula is C16H23ClFNO. The lowest BCUT2D eigenvalue weighted by Crippen LogP contribution is -2.53. The van der Waals surface area contributed by atoms with E-state index in [9.17, 15) is 4.39 Å². The third-order valence-corrected chi connectivity index (χ3v) is 4.84. The molecule has 1 fully saturated rings. The summed E-state index contributed by atoms with van der Waals surface area (Å²) in [4.78, 5) is 0. The average molecular weight is 300 g/mol. The smallest absolute Gasteiger partial charge is 0.145 e. The van der Waals surface area contributed by atoms with Gasteiger partial charge in [-0.05, 0) is 36.8 Å². The largest absolute Gasteiger partial charge is 0.377 e. The van der Waals surface area contributed by atoms with Gasteiger partial charge in [0.1, 0.15) is 5.82 Å². The van der Waals surface area contributed by atoms with Crippen molar-refractivity contribution in [3.05, 3.63) is 34.6 Å². The number of ether oxygens (including phenoxy) is 1. The molecule has 2 nitrogen and oxygen atoms in total. The molecule has 0 aliphatic heterocycles. The predicted octanol–water partition coefficient (Wildman–Crippen LogP) is 3.94. The molecule has 1 aliphatic rings. The summed E-state index contributed by atoms with van der Waals surface area (Å²) in [5.74, 6) is 0.235. The van der Waals surface area contributed by atoms with E-state index in [1.54, 1.807) is 25.3 Å². The molecule has 20 heavy (non-hydrogen) atoms. The van der Waals surface area contributed by atoms with E-state index in [0.29, 0.717) is 17.9 Å². The van der Waals surface area contributed by atoms with Crippen LogP contribution in [0.15, 0.2) is 18.2 Å². The van der Waals surface area contributed by atoms with Gasteiger partial charge in [-0.3, -0.25) is 0 Å². The van der Waals surface area contributed by atoms with E-state index in [4.69, 9.17) is 22.1 Å². The van der Waals surface area contributed by atoms with E-state index < -0.39 is 0 Å². The zero-order valence-corrected chi connectivity index (χ0v) is 12.9. The second-order valence-electron chi connectivity index (χ2n) is 5.99. The van der Waals surface area contributed by atoms with Gasteiger partial charge >= 0.3 is 0 Å². The van der Waals surface area contributed by atoms with Gasteiger partial charge in [-0.2, -0.15) is 0 Å². The van der Waals surface area contributed by atoms with E-state index >= 15 is 0 Å². The molecule has 1 aromatic carbocycles. The summed E-state index contributed by atoms with van der Waals surface area (Å²) in [6.45, 7) is 2.22. The lowest BCUT2D eigenvalue weighted by atomic mass is 9.73. The predicted molar refractivity (Wildman–Crippen MR) is 80.5 cm³/mol. The molecule has 0 bridgehead atoms. The Bertz CT molecular complexity index is 468. The number of benzene rings is 1. The maximum Gasteiger partial charge on any atom is 0.145 e. The lowest BCUT2D eigenvalue weighted by Gasteiger charge is -2.43. The number of rotatable bonds is 4. The van der Waals surface area contributed by atoms with Gasteiger partial charge in [0, 0.05) is 13.2 Å². The van der Waals surface area contributed by atoms with Gasteiger partial charge < -0.3 is 10.5 Å². The fourth-order valence-electron chi connectivity index (χ4n) is 3.35. The number of nitrogens with two attached hydrogens (primary N) is 1. The Labute approximate surface area is 125 Å². The van der Waals surface area contributed by atoms with Crippen molar-refractivity contribution in [2.75, 3.05) is 7.11 Å². The first-order chi connectivity index (χ1) is 9.48. The maximum absolute atomic E-state index is 14.0. The Hall–Kier alpha value is -0.640. The van der Waals surface area contributed by atoms with Gasteiger partial charge in [0.2, 0.25) is 0 Å². The Balaban J connectivity index is 2.17. The molecule has 112 valence electrons. The monoisotopic (exact) mass is 299 g/mol. The quantitative estimate of drug-likeness (QED) is 0.914. The van der Waals surface area contributed by atoms with Gasteiger partial charge in [-0.25, -0.2) is 4.39 Å². The molecule has 0 spiro atoms. The SMILES string of the molecule is COC1(C(N)Cc2cccc(Cl)c2F)CCCC(C)C1. The third-order valence-electron chi connectivity index (χ3n) is 4.54. The van der Waals surface area contributed by atoms with Crippen molar-refractivity contribution in [3.8, 4) is 0 Å². The Morgan fingerprint density at radius 3 is 2.95 bits per heavy atom. The van der Waals surface area contributed by atoms with Crippen LogP contribution in [-0.4, -0.2) is 18.8 Å². The molecular weight excluding hydrogens is 277 g/mol. The molecule has 3 atom stereocenters. The van der Waals surface area contributed by atoms with E-state index in [1.807, 2.05) is 0 Å². The fourth-order valence-corrected chi connectivity index (χ4v) is 3.54. The van der Waals surface area contributed by atoms with Crippen molar-refractivity contribution in [2.24, 2.45) is 11.7 Å². The van der Waals surface area contributed by atoms with Crippen LogP contribution in [-0.2, 0) is 11.2 Å². The van der Waals surface area contributed by atoms with Gasteiger partial charge in [-0.15, -0.1) is 0 Å². The van der Waals surface area contributed by atoms with Crippen molar-refractivity contribution in [1.82, 2.24) is 0 Å². The molecule has 2 rings (SSSR count). The molecule has 1 saturated carbocycles. The van der Waals surface area contributed by atoms with Crippen molar-refractivity contribution in [2.45, 2.75) is 50.7 Å². The van der Waals surface area contributed by atoms with Crippen molar-refractivity contribution < 1.29 is 9.13 Å². The molecule has 2 N–H and O–H groups in total. The third kappa shape index (κ3) is 3.16. The fraction of sp³-hybridized carbons (Fsp3) is 0.625. The van der Waals surface area contributed by atoms with Gasteiger partial charge in [0.25, 0.3) is 0 Å². The highest BCUT2D eigenvalue weighted by molar-refractivity contribution is 6.30. The molecule has 0 amide bonds. The Morgan fingerprint density at radius 2 is 2.30 bits per heavy atom. The standard InChI is InChI=1S/C16H23ClFNO/c1-11-5-4-8-16(10-11,20-2)14(19)9-12-6-3-7-13(17)15(12)18/h3,6-7,11,14H,4-5,8-10,19H2,1-2H3. The molecule has 0 heterocycles. The van der Waals surface area contributed by atoms with Gasteiger partial charge in [0.05, 0.1) is 10.6 Å². The summed E-state index contributed by atoms with van der Waals surface area (Å²) in [5.41, 5.74) is 6.60. The van der Waals surface area contributed by atoms with Crippen LogP contribution in [0, 0.1) is 11.7 Å². The summed E-state index contributed by atoms with van der Waals surface area (Å²) in [7, 11) is 1.71. The zero-order valence-electron chi connectivity index (χ0n) is 12.2. The summed E-state index contributed by atoms with van der Waals surface area (Å²) >= 11 is 5.83. The number of methoxy groups -OCH3 is 1. The normalized spacial score (nSPS) is 28.4. The highest BCUT2D eigenvalue weighted by Crippen LogP contribution is 2.37. The minimum Gasteiger partial charge on any atom is -0.377 e. The maximum atomic E-state index is 14.0. The first kappa shape index (κ1) is 15.7. The van der Waals surface area contributed by atoms with Crippen molar-refractivity contribution in [3.63, 3.8) is 0 Å². The van der Waals surface area contributed by atoms with Crippen LogP contribution < -0.4 is 5.73 Å². The van der Waals surface area contributed by atoms with E-state index in [0.717, 1.165) is 19.3 Å². The van der Waals surface area contributed by atoms with E-state index in [1.165, 1.54) is 6.42 Å². The lowest BCUT2D eigenvalue weighted by molar-refractivity contribution is -0.0706. The van der Waals surface area contributed by atoms with Crippen LogP contribution >= 0.6 is 11.6 Å². The van der Waals surface area contributed by atoms with Crippen molar-refractivity contribution >= 4 is 11.6 Å². The first-order valence-corrected chi connectivity index (χ1v) is 7.60. The Kier molecular flexibility index (Phi) is 5.05. The second kappa shape index (κ2) is 6.42. The zero-order chi connectivity index (χ0) is 14.8. The van der Waals surface area contributed by atoms with Crippen LogP contribution in [0.25, 0.3) is 0 Å². The molecule has 1 aliphatic carbocycles. The molecule has 3 unspecified atom stereocenters. The summed E-state index contributed by atoms with van der Waals surface area (Å²) in [6, 6.07) is 4.84. The van der Waals surface area contributed by atoms with Gasteiger partial charge in [-0.1, -0.05) is 43.5 Å². The first-order valence-electron chi connectivity index (χ1n) is 7.22. The molecule has 0 radical (unpaired) electrons. The van der Waals surface area contributed by atoms with Crippen LogP contribution in [0.1, 0.15) is 38.2 Å². The highest BCUT2D eigenvalue weighted by atomic mass is 35.5. The minimum atomic E-state index is -0.361. The number of hydrogen-bond donors (Lipinski definition) is 1. The highest BCUT2D eigenvalue weighted by Gasteiger charge is 2.40.